The molecule has 0 saturated heterocycles. The number of carbonyl (C=O) groups excluding carboxylic acids is 1. The van der Waals surface area contributed by atoms with Crippen molar-refractivity contribution in [2.75, 3.05) is 13.1 Å². The number of primary amides is 1. The second kappa shape index (κ2) is 9.86. The Labute approximate surface area is 182 Å². The van der Waals surface area contributed by atoms with Crippen LogP contribution in [0.15, 0.2) is 53.5 Å². The second-order valence-electron chi connectivity index (χ2n) is 6.90. The highest BCUT2D eigenvalue weighted by atomic mass is 127. The maximum absolute atomic E-state index is 13.5. The maximum Gasteiger partial charge on any atom is 0.248 e. The molecule has 1 aliphatic carbocycles. The van der Waals surface area contributed by atoms with Crippen LogP contribution in [0, 0.1) is 5.82 Å². The number of nitrogens with zero attached hydrogens (tertiary/aromatic N) is 1. The van der Waals surface area contributed by atoms with Crippen molar-refractivity contribution in [2.24, 2.45) is 10.7 Å². The van der Waals surface area contributed by atoms with E-state index in [-0.39, 0.29) is 35.2 Å². The molecular weight excluding hydrogens is 470 g/mol. The number of nitrogens with one attached hydrogen (secondary N) is 2. The third-order valence-corrected chi connectivity index (χ3v) is 4.89. The third kappa shape index (κ3) is 5.67. The van der Waals surface area contributed by atoms with Gasteiger partial charge < -0.3 is 16.4 Å². The van der Waals surface area contributed by atoms with Gasteiger partial charge in [-0.2, -0.15) is 0 Å². The molecule has 0 aliphatic heterocycles. The number of aliphatic imine (C=N–C) groups is 1. The summed E-state index contributed by atoms with van der Waals surface area (Å²) in [5.41, 5.74) is 7.76. The number of guanidine groups is 1. The van der Waals surface area contributed by atoms with Crippen LogP contribution >= 0.6 is 24.0 Å². The summed E-state index contributed by atoms with van der Waals surface area (Å²) < 4.78 is 13.5. The van der Waals surface area contributed by atoms with Gasteiger partial charge in [0.2, 0.25) is 5.91 Å². The van der Waals surface area contributed by atoms with E-state index in [1.165, 1.54) is 6.07 Å². The van der Waals surface area contributed by atoms with E-state index in [4.69, 9.17) is 5.73 Å². The smallest absolute Gasteiger partial charge is 0.248 e. The molecule has 0 radical (unpaired) electrons. The second-order valence-corrected chi connectivity index (χ2v) is 6.90. The van der Waals surface area contributed by atoms with Crippen molar-refractivity contribution in [3.63, 3.8) is 0 Å². The van der Waals surface area contributed by atoms with E-state index in [9.17, 15) is 9.18 Å². The van der Waals surface area contributed by atoms with E-state index in [2.05, 4.69) is 15.6 Å². The fourth-order valence-corrected chi connectivity index (χ4v) is 3.08. The molecule has 0 atom stereocenters. The third-order valence-electron chi connectivity index (χ3n) is 4.89. The molecule has 2 aromatic carbocycles. The van der Waals surface area contributed by atoms with Gasteiger partial charge in [-0.05, 0) is 55.2 Å². The minimum Gasteiger partial charge on any atom is -0.366 e. The number of hydrogen-bond acceptors (Lipinski definition) is 2. The van der Waals surface area contributed by atoms with Gasteiger partial charge in [-0.3, -0.25) is 4.79 Å². The van der Waals surface area contributed by atoms with E-state index in [0.29, 0.717) is 18.7 Å². The molecule has 0 unspecified atom stereocenters. The van der Waals surface area contributed by atoms with Gasteiger partial charge in [-0.1, -0.05) is 24.3 Å². The Morgan fingerprint density at radius 3 is 2.46 bits per heavy atom. The van der Waals surface area contributed by atoms with Crippen molar-refractivity contribution >= 4 is 35.8 Å². The number of halogens is 2. The summed E-state index contributed by atoms with van der Waals surface area (Å²) in [6.45, 7) is 3.96. The molecule has 0 aromatic heterocycles. The van der Waals surface area contributed by atoms with Crippen molar-refractivity contribution in [1.29, 1.82) is 0 Å². The Morgan fingerprint density at radius 1 is 1.18 bits per heavy atom. The number of benzene rings is 2. The molecule has 0 heterocycles. The standard InChI is InChI=1S/C21H25FN4O.HI/c1-2-24-20(25-13-15-6-8-16(9-7-15)19(23)27)26-14-21(10-11-21)17-4-3-5-18(22)12-17;/h3-9,12H,2,10-11,13-14H2,1H3,(H2,23,27)(H2,24,25,26);1H. The first-order chi connectivity index (χ1) is 13.0. The maximum atomic E-state index is 13.5. The molecule has 28 heavy (non-hydrogen) atoms. The molecule has 0 spiro atoms. The van der Waals surface area contributed by atoms with Gasteiger partial charge in [-0.15, -0.1) is 24.0 Å². The van der Waals surface area contributed by atoms with E-state index in [1.54, 1.807) is 24.3 Å². The van der Waals surface area contributed by atoms with Crippen LogP contribution in [0.25, 0.3) is 0 Å². The lowest BCUT2D eigenvalue weighted by Crippen LogP contribution is -2.41. The predicted octanol–water partition coefficient (Wildman–Crippen LogP) is 3.33. The van der Waals surface area contributed by atoms with Crippen molar-refractivity contribution in [2.45, 2.75) is 31.7 Å². The van der Waals surface area contributed by atoms with Crippen LogP contribution in [0.5, 0.6) is 0 Å². The van der Waals surface area contributed by atoms with Crippen LogP contribution in [-0.4, -0.2) is 25.0 Å². The van der Waals surface area contributed by atoms with Crippen LogP contribution in [0.4, 0.5) is 4.39 Å². The van der Waals surface area contributed by atoms with Gasteiger partial charge in [0.1, 0.15) is 5.82 Å². The Hall–Kier alpha value is -2.16. The molecule has 3 rings (SSSR count). The quantitative estimate of drug-likeness (QED) is 0.313. The fourth-order valence-electron chi connectivity index (χ4n) is 3.08. The van der Waals surface area contributed by atoms with Crippen molar-refractivity contribution in [3.05, 3.63) is 71.0 Å². The first-order valence-electron chi connectivity index (χ1n) is 9.19. The number of amides is 1. The lowest BCUT2D eigenvalue weighted by Gasteiger charge is -2.19. The number of nitrogens with two attached hydrogens (primary N) is 1. The summed E-state index contributed by atoms with van der Waals surface area (Å²) in [6, 6.07) is 14.0. The fraction of sp³-hybridized carbons (Fsp3) is 0.333. The summed E-state index contributed by atoms with van der Waals surface area (Å²) in [4.78, 5) is 15.7. The highest BCUT2D eigenvalue weighted by Crippen LogP contribution is 2.47. The SMILES string of the molecule is CCNC(=NCc1ccc(C(N)=O)cc1)NCC1(c2cccc(F)c2)CC1.I. The average molecular weight is 496 g/mol. The van der Waals surface area contributed by atoms with Crippen LogP contribution in [0.2, 0.25) is 0 Å². The van der Waals surface area contributed by atoms with E-state index >= 15 is 0 Å². The summed E-state index contributed by atoms with van der Waals surface area (Å²) in [5, 5.41) is 6.62. The van der Waals surface area contributed by atoms with Crippen molar-refractivity contribution < 1.29 is 9.18 Å². The van der Waals surface area contributed by atoms with Gasteiger partial charge in [0.25, 0.3) is 0 Å². The molecule has 1 aliphatic rings. The Bertz CT molecular complexity index is 835. The van der Waals surface area contributed by atoms with Gasteiger partial charge >= 0.3 is 0 Å². The summed E-state index contributed by atoms with van der Waals surface area (Å²) >= 11 is 0. The van der Waals surface area contributed by atoms with E-state index in [0.717, 1.165) is 36.5 Å². The highest BCUT2D eigenvalue weighted by molar-refractivity contribution is 14.0. The molecule has 1 saturated carbocycles. The molecule has 2 aromatic rings. The molecule has 4 N–H and O–H groups in total. The van der Waals surface area contributed by atoms with E-state index < -0.39 is 5.91 Å². The largest absolute Gasteiger partial charge is 0.366 e. The summed E-state index contributed by atoms with van der Waals surface area (Å²) in [5.74, 6) is 0.0880. The normalized spacial score (nSPS) is 14.7. The van der Waals surface area contributed by atoms with Gasteiger partial charge in [0.15, 0.2) is 5.96 Å². The summed E-state index contributed by atoms with van der Waals surface area (Å²) in [6.07, 6.45) is 2.08. The van der Waals surface area contributed by atoms with E-state index in [1.807, 2.05) is 25.1 Å². The Balaban J connectivity index is 0.00000280. The lowest BCUT2D eigenvalue weighted by molar-refractivity contribution is 0.100. The first kappa shape index (κ1) is 22.1. The molecule has 7 heteroatoms. The predicted molar refractivity (Wildman–Crippen MR) is 121 cm³/mol. The highest BCUT2D eigenvalue weighted by Gasteiger charge is 2.44. The molecule has 0 bridgehead atoms. The van der Waals surface area contributed by atoms with Crippen LogP contribution in [0.1, 0.15) is 41.3 Å². The van der Waals surface area contributed by atoms with Gasteiger partial charge in [0.05, 0.1) is 6.54 Å². The zero-order valence-electron chi connectivity index (χ0n) is 15.9. The van der Waals surface area contributed by atoms with Crippen LogP contribution < -0.4 is 16.4 Å². The molecule has 150 valence electrons. The zero-order chi connectivity index (χ0) is 19.3. The van der Waals surface area contributed by atoms with Crippen LogP contribution in [0.3, 0.4) is 0 Å². The van der Waals surface area contributed by atoms with Gasteiger partial charge in [-0.25, -0.2) is 9.38 Å². The number of hydrogen-bond donors (Lipinski definition) is 3. The topological polar surface area (TPSA) is 79.5 Å². The Kier molecular flexibility index (Phi) is 7.79. The molecule has 1 fully saturated rings. The molecule has 5 nitrogen and oxygen atoms in total. The average Bonchev–Trinajstić information content (AvgIpc) is 3.45. The van der Waals surface area contributed by atoms with Crippen molar-refractivity contribution in [1.82, 2.24) is 10.6 Å². The lowest BCUT2D eigenvalue weighted by atomic mass is 9.96. The van der Waals surface area contributed by atoms with Crippen molar-refractivity contribution in [3.8, 4) is 0 Å². The monoisotopic (exact) mass is 496 g/mol. The molecule has 1 amide bonds. The zero-order valence-corrected chi connectivity index (χ0v) is 18.2. The minimum absolute atomic E-state index is 0. The number of rotatable bonds is 7. The first-order valence-corrected chi connectivity index (χ1v) is 9.19. The molecular formula is C21H26FIN4O. The Morgan fingerprint density at radius 2 is 1.89 bits per heavy atom. The minimum atomic E-state index is -0.438. The van der Waals surface area contributed by atoms with Crippen LogP contribution in [-0.2, 0) is 12.0 Å². The number of carbonyl (C=O) groups is 1. The summed E-state index contributed by atoms with van der Waals surface area (Å²) in [7, 11) is 0. The van der Waals surface area contributed by atoms with Gasteiger partial charge in [0, 0.05) is 24.1 Å².